The minimum absolute atomic E-state index is 0.828. The van der Waals surface area contributed by atoms with E-state index in [1.165, 1.54) is 11.1 Å². The van der Waals surface area contributed by atoms with Gasteiger partial charge in [-0.1, -0.05) is 41.6 Å². The number of hydrogen-bond donors (Lipinski definition) is 0. The summed E-state index contributed by atoms with van der Waals surface area (Å²) in [5.41, 5.74) is 5.37. The first-order valence-corrected chi connectivity index (χ1v) is 10.4. The predicted molar refractivity (Wildman–Crippen MR) is 113 cm³/mol. The highest BCUT2D eigenvalue weighted by Gasteiger charge is 2.16. The Labute approximate surface area is 166 Å². The second kappa shape index (κ2) is 7.66. The molecule has 4 nitrogen and oxygen atoms in total. The Morgan fingerprint density at radius 1 is 0.963 bits per heavy atom. The largest absolute Gasteiger partial charge is 0.497 e. The Kier molecular flexibility index (Phi) is 5.09. The number of thioether (sulfide) groups is 1. The summed E-state index contributed by atoms with van der Waals surface area (Å²) < 4.78 is 6.33. The van der Waals surface area contributed by atoms with Crippen LogP contribution in [-0.2, 0) is 5.75 Å². The Hall–Kier alpha value is -2.44. The van der Waals surface area contributed by atoms with Crippen LogP contribution in [-0.4, -0.2) is 22.3 Å². The summed E-state index contributed by atoms with van der Waals surface area (Å²) in [5.74, 6) is 1.68. The van der Waals surface area contributed by atoms with Crippen molar-refractivity contribution in [1.82, 2.24) is 15.2 Å². The molecule has 0 aliphatic heterocycles. The molecule has 0 aliphatic rings. The number of methoxy groups -OCH3 is 1. The molecule has 0 unspecified atom stereocenters. The maximum absolute atomic E-state index is 5.25. The molecule has 2 aromatic carbocycles. The number of rotatable bonds is 5. The van der Waals surface area contributed by atoms with E-state index in [9.17, 15) is 0 Å². The zero-order valence-electron chi connectivity index (χ0n) is 15.4. The molecular formula is C21H19N3OS2. The number of nitrogens with zero attached hydrogens (tertiary/aromatic N) is 3. The Morgan fingerprint density at radius 2 is 1.70 bits per heavy atom. The summed E-state index contributed by atoms with van der Waals surface area (Å²) in [6.07, 6.45) is 0. The number of hydrogen-bond acceptors (Lipinski definition) is 6. The lowest BCUT2D eigenvalue weighted by atomic mass is 10.1. The first-order valence-electron chi connectivity index (χ1n) is 8.60. The van der Waals surface area contributed by atoms with E-state index in [1.807, 2.05) is 31.2 Å². The summed E-state index contributed by atoms with van der Waals surface area (Å²) in [6.45, 7) is 4.12. The lowest BCUT2D eigenvalue weighted by Crippen LogP contribution is -1.93. The summed E-state index contributed by atoms with van der Waals surface area (Å²) in [7, 11) is 1.67. The molecule has 27 heavy (non-hydrogen) atoms. The smallest absolute Gasteiger partial charge is 0.146 e. The van der Waals surface area contributed by atoms with Crippen LogP contribution in [0.3, 0.4) is 0 Å². The molecule has 0 saturated heterocycles. The average molecular weight is 394 g/mol. The van der Waals surface area contributed by atoms with E-state index >= 15 is 0 Å². The molecule has 0 saturated carbocycles. The maximum atomic E-state index is 5.25. The van der Waals surface area contributed by atoms with Gasteiger partial charge in [0.1, 0.15) is 22.0 Å². The van der Waals surface area contributed by atoms with Gasteiger partial charge < -0.3 is 4.74 Å². The first kappa shape index (κ1) is 17.9. The SMILES string of the molecule is COc1ccc(-c2nnc(SCc3ccc(C)cc3)c3nc(C)sc23)cc1. The van der Waals surface area contributed by atoms with Crippen molar-refractivity contribution in [2.24, 2.45) is 0 Å². The van der Waals surface area contributed by atoms with Gasteiger partial charge in [0.2, 0.25) is 0 Å². The number of ether oxygens (including phenoxy) is 1. The van der Waals surface area contributed by atoms with E-state index < -0.39 is 0 Å². The molecule has 6 heteroatoms. The second-order valence-electron chi connectivity index (χ2n) is 6.27. The van der Waals surface area contributed by atoms with Gasteiger partial charge in [-0.2, -0.15) is 0 Å². The third-order valence-corrected chi connectivity index (χ3v) is 6.26. The van der Waals surface area contributed by atoms with Crippen LogP contribution < -0.4 is 4.74 Å². The van der Waals surface area contributed by atoms with Crippen LogP contribution in [0.4, 0.5) is 0 Å². The molecule has 2 aromatic heterocycles. The van der Waals surface area contributed by atoms with E-state index in [0.29, 0.717) is 0 Å². The summed E-state index contributed by atoms with van der Waals surface area (Å²) in [5, 5.41) is 10.9. The minimum atomic E-state index is 0.828. The van der Waals surface area contributed by atoms with Crippen molar-refractivity contribution in [1.29, 1.82) is 0 Å². The zero-order chi connectivity index (χ0) is 18.8. The number of aryl methyl sites for hydroxylation is 2. The van der Waals surface area contributed by atoms with Crippen molar-refractivity contribution in [3.63, 3.8) is 0 Å². The molecule has 0 fully saturated rings. The Bertz CT molecular complexity index is 1070. The number of benzene rings is 2. The fourth-order valence-corrected chi connectivity index (χ4v) is 4.66. The van der Waals surface area contributed by atoms with Gasteiger partial charge in [-0.15, -0.1) is 21.5 Å². The third-order valence-electron chi connectivity index (χ3n) is 4.25. The standard InChI is InChI=1S/C21H19N3OS2/c1-13-4-6-15(7-5-13)12-26-21-19-20(27-14(2)22-19)18(23-24-21)16-8-10-17(25-3)11-9-16/h4-11H,12H2,1-3H3. The van der Waals surface area contributed by atoms with E-state index in [4.69, 9.17) is 9.72 Å². The highest BCUT2D eigenvalue weighted by molar-refractivity contribution is 7.98. The molecule has 2 heterocycles. The van der Waals surface area contributed by atoms with E-state index in [2.05, 4.69) is 41.4 Å². The predicted octanol–water partition coefficient (Wildman–Crippen LogP) is 5.67. The van der Waals surface area contributed by atoms with Crippen molar-refractivity contribution in [2.75, 3.05) is 7.11 Å². The third kappa shape index (κ3) is 3.82. The van der Waals surface area contributed by atoms with Crippen molar-refractivity contribution < 1.29 is 4.74 Å². The Balaban J connectivity index is 1.68. The van der Waals surface area contributed by atoms with Crippen LogP contribution in [0.1, 0.15) is 16.1 Å². The van der Waals surface area contributed by atoms with Gasteiger partial charge in [-0.25, -0.2) is 4.98 Å². The zero-order valence-corrected chi connectivity index (χ0v) is 17.0. The van der Waals surface area contributed by atoms with Crippen molar-refractivity contribution in [3.05, 3.63) is 64.7 Å². The van der Waals surface area contributed by atoms with Crippen LogP contribution in [0.15, 0.2) is 53.6 Å². The molecule has 0 spiro atoms. The van der Waals surface area contributed by atoms with Gasteiger partial charge in [0.25, 0.3) is 0 Å². The molecule has 0 aliphatic carbocycles. The minimum Gasteiger partial charge on any atom is -0.497 e. The van der Waals surface area contributed by atoms with Gasteiger partial charge in [0, 0.05) is 11.3 Å². The lowest BCUT2D eigenvalue weighted by Gasteiger charge is -2.06. The van der Waals surface area contributed by atoms with Crippen LogP contribution in [0, 0.1) is 13.8 Å². The molecule has 4 aromatic rings. The molecule has 136 valence electrons. The van der Waals surface area contributed by atoms with E-state index in [0.717, 1.165) is 43.0 Å². The van der Waals surface area contributed by atoms with Gasteiger partial charge >= 0.3 is 0 Å². The van der Waals surface area contributed by atoms with Crippen LogP contribution in [0.25, 0.3) is 21.5 Å². The van der Waals surface area contributed by atoms with Crippen molar-refractivity contribution in [3.8, 4) is 17.0 Å². The summed E-state index contributed by atoms with van der Waals surface area (Å²) >= 11 is 3.35. The van der Waals surface area contributed by atoms with Crippen molar-refractivity contribution >= 4 is 33.3 Å². The first-order chi connectivity index (χ1) is 13.1. The van der Waals surface area contributed by atoms with E-state index in [-0.39, 0.29) is 0 Å². The molecule has 0 bridgehead atoms. The molecule has 0 amide bonds. The fraction of sp³-hybridized carbons (Fsp3) is 0.190. The van der Waals surface area contributed by atoms with Gasteiger partial charge in [-0.3, -0.25) is 0 Å². The molecule has 4 rings (SSSR count). The summed E-state index contributed by atoms with van der Waals surface area (Å²) in [6, 6.07) is 16.5. The monoisotopic (exact) mass is 393 g/mol. The topological polar surface area (TPSA) is 47.9 Å². The lowest BCUT2D eigenvalue weighted by molar-refractivity contribution is 0.415. The van der Waals surface area contributed by atoms with Gasteiger partial charge in [0.15, 0.2) is 0 Å². The Morgan fingerprint density at radius 3 is 2.41 bits per heavy atom. The molecule has 0 radical (unpaired) electrons. The highest BCUT2D eigenvalue weighted by Crippen LogP contribution is 2.36. The van der Waals surface area contributed by atoms with Crippen LogP contribution >= 0.6 is 23.1 Å². The number of aromatic nitrogens is 3. The molecule has 0 atom stereocenters. The van der Waals surface area contributed by atoms with Crippen LogP contribution in [0.5, 0.6) is 5.75 Å². The fourth-order valence-electron chi connectivity index (χ4n) is 2.79. The van der Waals surface area contributed by atoms with Gasteiger partial charge in [-0.05, 0) is 43.7 Å². The van der Waals surface area contributed by atoms with Gasteiger partial charge in [0.05, 0.1) is 16.8 Å². The number of thiazole rings is 1. The highest BCUT2D eigenvalue weighted by atomic mass is 32.2. The van der Waals surface area contributed by atoms with Crippen LogP contribution in [0.2, 0.25) is 0 Å². The summed E-state index contributed by atoms with van der Waals surface area (Å²) in [4.78, 5) is 4.73. The second-order valence-corrected chi connectivity index (χ2v) is 8.43. The van der Waals surface area contributed by atoms with E-state index in [1.54, 1.807) is 30.2 Å². The van der Waals surface area contributed by atoms with Crippen molar-refractivity contribution in [2.45, 2.75) is 24.6 Å². The molecule has 0 N–H and O–H groups in total. The number of fused-ring (bicyclic) bond motifs is 1. The average Bonchev–Trinajstić information content (AvgIpc) is 3.09. The normalized spacial score (nSPS) is 11.1. The molecular weight excluding hydrogens is 374 g/mol. The maximum Gasteiger partial charge on any atom is 0.146 e. The quantitative estimate of drug-likeness (QED) is 0.409.